The lowest BCUT2D eigenvalue weighted by Gasteiger charge is -2.23. The molecule has 1 heterocycles. The maximum Gasteiger partial charge on any atom is 0.0930 e. The molecule has 0 radical (unpaired) electrons. The normalized spacial score (nSPS) is 20.8. The van der Waals surface area contributed by atoms with Crippen LogP contribution in [-0.2, 0) is 0 Å². The summed E-state index contributed by atoms with van der Waals surface area (Å²) < 4.78 is 0. The van der Waals surface area contributed by atoms with Gasteiger partial charge in [-0.1, -0.05) is 23.8 Å². The fourth-order valence-corrected chi connectivity index (χ4v) is 2.65. The van der Waals surface area contributed by atoms with Crippen molar-refractivity contribution < 1.29 is 0 Å². The molecule has 68 valence electrons. The van der Waals surface area contributed by atoms with E-state index in [1.54, 1.807) is 11.8 Å². The fourth-order valence-electron chi connectivity index (χ4n) is 1.18. The van der Waals surface area contributed by atoms with Gasteiger partial charge in [0, 0.05) is 9.92 Å². The summed E-state index contributed by atoms with van der Waals surface area (Å²) in [5.41, 5.74) is 1.07. The van der Waals surface area contributed by atoms with Crippen LogP contribution >= 0.6 is 35.6 Å². The van der Waals surface area contributed by atoms with Crippen LogP contribution in [0, 0.1) is 0 Å². The first-order valence-corrected chi connectivity index (χ1v) is 5.60. The second-order valence-corrected chi connectivity index (χ2v) is 5.15. The van der Waals surface area contributed by atoms with Gasteiger partial charge in [0.05, 0.1) is 15.9 Å². The minimum Gasteiger partial charge on any atom is -0.348 e. The molecule has 0 saturated carbocycles. The van der Waals surface area contributed by atoms with Crippen LogP contribution in [0.25, 0.3) is 0 Å². The van der Waals surface area contributed by atoms with E-state index in [1.807, 2.05) is 18.2 Å². The van der Waals surface area contributed by atoms with E-state index in [-0.39, 0.29) is 0 Å². The molecular formula is C9H8ClNS2. The summed E-state index contributed by atoms with van der Waals surface area (Å²) in [6.07, 6.45) is 0. The number of hydrogen-bond acceptors (Lipinski definition) is 2. The third kappa shape index (κ3) is 1.82. The number of fused-ring (bicyclic) bond motifs is 1. The maximum absolute atomic E-state index is 5.89. The number of thiocarbonyl (C=S) groups is 1. The zero-order valence-electron chi connectivity index (χ0n) is 7.00. The topological polar surface area (TPSA) is 12.0 Å². The van der Waals surface area contributed by atoms with Crippen molar-refractivity contribution in [3.63, 3.8) is 0 Å². The smallest absolute Gasteiger partial charge is 0.0930 e. The van der Waals surface area contributed by atoms with Crippen LogP contribution in [0.15, 0.2) is 23.1 Å². The van der Waals surface area contributed by atoms with Gasteiger partial charge >= 0.3 is 0 Å². The molecule has 1 nitrogen and oxygen atoms in total. The number of hydrogen-bond donors (Lipinski definition) is 1. The van der Waals surface area contributed by atoms with Crippen LogP contribution < -0.4 is 5.32 Å². The lowest BCUT2D eigenvalue weighted by atomic mass is 10.3. The second kappa shape index (κ2) is 3.48. The Morgan fingerprint density at radius 2 is 2.31 bits per heavy atom. The van der Waals surface area contributed by atoms with Gasteiger partial charge in [0.25, 0.3) is 0 Å². The van der Waals surface area contributed by atoms with Gasteiger partial charge < -0.3 is 5.32 Å². The van der Waals surface area contributed by atoms with Crippen LogP contribution in [0.2, 0.25) is 5.02 Å². The van der Waals surface area contributed by atoms with Crippen molar-refractivity contribution in [1.29, 1.82) is 0 Å². The number of thioether (sulfide) groups is 1. The summed E-state index contributed by atoms with van der Waals surface area (Å²) >= 11 is 12.8. The Balaban J connectivity index is 2.42. The Labute approximate surface area is 91.9 Å². The highest BCUT2D eigenvalue weighted by Crippen LogP contribution is 2.37. The zero-order chi connectivity index (χ0) is 9.42. The molecule has 1 aromatic carbocycles. The van der Waals surface area contributed by atoms with Gasteiger partial charge in [0.2, 0.25) is 0 Å². The first kappa shape index (κ1) is 9.31. The standard InChI is InChI=1S/C9H8ClNS2/c1-5-9(12)11-7-3-2-6(10)4-8(7)13-5/h2-5H,1H3,(H,11,12). The molecule has 1 atom stereocenters. The Hall–Kier alpha value is -0.250. The van der Waals surface area contributed by atoms with Gasteiger partial charge in [-0.3, -0.25) is 0 Å². The summed E-state index contributed by atoms with van der Waals surface area (Å²) in [4.78, 5) is 2.06. The highest BCUT2D eigenvalue weighted by Gasteiger charge is 2.19. The SMILES string of the molecule is CC1Sc2cc(Cl)ccc2NC1=S. The van der Waals surface area contributed by atoms with Crippen molar-refractivity contribution in [3.05, 3.63) is 23.2 Å². The molecule has 0 spiro atoms. The van der Waals surface area contributed by atoms with Gasteiger partial charge in [0.1, 0.15) is 0 Å². The van der Waals surface area contributed by atoms with Gasteiger partial charge in [0.15, 0.2) is 0 Å². The first-order chi connectivity index (χ1) is 6.16. The highest BCUT2D eigenvalue weighted by molar-refractivity contribution is 8.02. The molecule has 2 rings (SSSR count). The number of halogens is 1. The van der Waals surface area contributed by atoms with Crippen LogP contribution in [0.3, 0.4) is 0 Å². The predicted octanol–water partition coefficient (Wildman–Crippen LogP) is 3.57. The molecule has 1 N–H and O–H groups in total. The van der Waals surface area contributed by atoms with E-state index in [4.69, 9.17) is 23.8 Å². The summed E-state index contributed by atoms with van der Waals surface area (Å²) in [5.74, 6) is 0. The molecule has 13 heavy (non-hydrogen) atoms. The Morgan fingerprint density at radius 1 is 1.54 bits per heavy atom. The van der Waals surface area contributed by atoms with Crippen LogP contribution in [0.5, 0.6) is 0 Å². The number of anilines is 1. The molecule has 0 aromatic heterocycles. The Bertz CT molecular complexity index is 365. The maximum atomic E-state index is 5.89. The van der Waals surface area contributed by atoms with E-state index in [1.165, 1.54) is 4.90 Å². The van der Waals surface area contributed by atoms with E-state index in [0.717, 1.165) is 15.7 Å². The quantitative estimate of drug-likeness (QED) is 0.683. The molecule has 1 aliphatic heterocycles. The molecule has 0 amide bonds. The largest absolute Gasteiger partial charge is 0.348 e. The summed E-state index contributed by atoms with van der Waals surface area (Å²) in [7, 11) is 0. The summed E-state index contributed by atoms with van der Waals surface area (Å²) in [5, 5.41) is 4.29. The minimum atomic E-state index is 0.334. The van der Waals surface area contributed by atoms with Crippen molar-refractivity contribution in [2.45, 2.75) is 17.1 Å². The van der Waals surface area contributed by atoms with Crippen LogP contribution in [0.1, 0.15) is 6.92 Å². The molecule has 0 fully saturated rings. The van der Waals surface area contributed by atoms with E-state index in [0.29, 0.717) is 5.25 Å². The third-order valence-corrected chi connectivity index (χ3v) is 3.90. The van der Waals surface area contributed by atoms with Crippen LogP contribution in [0.4, 0.5) is 5.69 Å². The van der Waals surface area contributed by atoms with Gasteiger partial charge in [-0.15, -0.1) is 11.8 Å². The average Bonchev–Trinajstić information content (AvgIpc) is 2.08. The van der Waals surface area contributed by atoms with E-state index < -0.39 is 0 Å². The second-order valence-electron chi connectivity index (χ2n) is 2.89. The van der Waals surface area contributed by atoms with Crippen molar-refractivity contribution in [3.8, 4) is 0 Å². The van der Waals surface area contributed by atoms with Gasteiger partial charge in [-0.25, -0.2) is 0 Å². The third-order valence-electron chi connectivity index (χ3n) is 1.87. The molecule has 0 saturated heterocycles. The summed E-state index contributed by atoms with van der Waals surface area (Å²) in [6, 6.07) is 5.79. The van der Waals surface area contributed by atoms with Crippen molar-refractivity contribution in [2.24, 2.45) is 0 Å². The van der Waals surface area contributed by atoms with E-state index >= 15 is 0 Å². The number of rotatable bonds is 0. The predicted molar refractivity (Wildman–Crippen MR) is 63.0 cm³/mol. The first-order valence-electron chi connectivity index (χ1n) is 3.94. The fraction of sp³-hybridized carbons (Fsp3) is 0.222. The monoisotopic (exact) mass is 229 g/mol. The summed E-state index contributed by atoms with van der Waals surface area (Å²) in [6.45, 7) is 2.09. The Morgan fingerprint density at radius 3 is 3.08 bits per heavy atom. The zero-order valence-corrected chi connectivity index (χ0v) is 9.39. The van der Waals surface area contributed by atoms with Crippen molar-refractivity contribution >= 4 is 46.3 Å². The molecule has 4 heteroatoms. The van der Waals surface area contributed by atoms with Gasteiger partial charge in [-0.2, -0.15) is 0 Å². The molecule has 1 unspecified atom stereocenters. The lowest BCUT2D eigenvalue weighted by molar-refractivity contribution is 1.27. The van der Waals surface area contributed by atoms with Crippen molar-refractivity contribution in [2.75, 3.05) is 5.32 Å². The molecule has 1 aromatic rings. The number of benzene rings is 1. The van der Waals surface area contributed by atoms with Crippen molar-refractivity contribution in [1.82, 2.24) is 0 Å². The highest BCUT2D eigenvalue weighted by atomic mass is 35.5. The number of nitrogens with one attached hydrogen (secondary N) is 1. The molecule has 1 aliphatic rings. The Kier molecular flexibility index (Phi) is 2.49. The van der Waals surface area contributed by atoms with Crippen LogP contribution in [-0.4, -0.2) is 10.2 Å². The molecular weight excluding hydrogens is 222 g/mol. The average molecular weight is 230 g/mol. The molecule has 0 aliphatic carbocycles. The van der Waals surface area contributed by atoms with E-state index in [2.05, 4.69) is 12.2 Å². The van der Waals surface area contributed by atoms with Gasteiger partial charge in [-0.05, 0) is 25.1 Å². The lowest BCUT2D eigenvalue weighted by Crippen LogP contribution is -2.24. The minimum absolute atomic E-state index is 0.334. The molecule has 0 bridgehead atoms. The van der Waals surface area contributed by atoms with E-state index in [9.17, 15) is 0 Å².